The summed E-state index contributed by atoms with van der Waals surface area (Å²) in [6.07, 6.45) is 1.32. The summed E-state index contributed by atoms with van der Waals surface area (Å²) in [6.45, 7) is 1.81. The molecule has 0 atom stereocenters. The summed E-state index contributed by atoms with van der Waals surface area (Å²) in [4.78, 5) is 6.05. The largest absolute Gasteiger partial charge is 0.346 e. The first-order valence-corrected chi connectivity index (χ1v) is 4.28. The maximum Gasteiger partial charge on any atom is 0.245 e. The van der Waals surface area contributed by atoms with Gasteiger partial charge < -0.3 is 4.90 Å². The third-order valence-corrected chi connectivity index (χ3v) is 1.97. The fraction of sp³-hybridized carbons (Fsp3) is 0.333. The molecule has 0 aromatic carbocycles. The topological polar surface area (TPSA) is 33.4 Å². The molecule has 2 aromatic rings. The molecule has 0 saturated heterocycles. The summed E-state index contributed by atoms with van der Waals surface area (Å²) in [5.41, 5.74) is 1.47. The van der Waals surface area contributed by atoms with Gasteiger partial charge in [0.05, 0.1) is 6.20 Å². The highest BCUT2D eigenvalue weighted by Gasteiger charge is 2.08. The zero-order chi connectivity index (χ0) is 10.3. The minimum atomic E-state index is -0.301. The number of hydrogen-bond donors (Lipinski definition) is 0. The lowest BCUT2D eigenvalue weighted by molar-refractivity contribution is 0.613. The van der Waals surface area contributed by atoms with Gasteiger partial charge in [-0.05, 0) is 18.6 Å². The molecule has 0 unspecified atom stereocenters. The van der Waals surface area contributed by atoms with Crippen molar-refractivity contribution in [3.8, 4) is 0 Å². The van der Waals surface area contributed by atoms with Crippen molar-refractivity contribution in [2.24, 2.45) is 0 Å². The molecule has 2 aromatic heterocycles. The van der Waals surface area contributed by atoms with E-state index in [2.05, 4.69) is 10.1 Å². The van der Waals surface area contributed by atoms with Crippen LogP contribution in [-0.2, 0) is 0 Å². The van der Waals surface area contributed by atoms with E-state index in [1.807, 2.05) is 21.0 Å². The summed E-state index contributed by atoms with van der Waals surface area (Å²) in [6, 6.07) is 1.45. The molecule has 0 N–H and O–H groups in total. The molecule has 2 heterocycles. The summed E-state index contributed by atoms with van der Waals surface area (Å²) in [5.74, 6) is 0.281. The first kappa shape index (κ1) is 8.93. The fourth-order valence-corrected chi connectivity index (χ4v) is 1.29. The van der Waals surface area contributed by atoms with E-state index < -0.39 is 0 Å². The van der Waals surface area contributed by atoms with Crippen molar-refractivity contribution in [1.82, 2.24) is 14.6 Å². The Labute approximate surface area is 81.0 Å². The van der Waals surface area contributed by atoms with E-state index in [-0.39, 0.29) is 5.82 Å². The van der Waals surface area contributed by atoms with Gasteiger partial charge in [0.2, 0.25) is 5.95 Å². The number of anilines is 1. The molecule has 0 aliphatic heterocycles. The summed E-state index contributed by atoms with van der Waals surface area (Å²) in [7, 11) is 3.70. The normalized spacial score (nSPS) is 10.9. The number of fused-ring (bicyclic) bond motifs is 1. The highest BCUT2D eigenvalue weighted by molar-refractivity contribution is 5.50. The van der Waals surface area contributed by atoms with E-state index in [1.165, 1.54) is 16.8 Å². The van der Waals surface area contributed by atoms with Crippen LogP contribution < -0.4 is 4.90 Å². The van der Waals surface area contributed by atoms with Gasteiger partial charge in [-0.15, -0.1) is 5.10 Å². The van der Waals surface area contributed by atoms with Crippen molar-refractivity contribution >= 4 is 11.6 Å². The van der Waals surface area contributed by atoms with Crippen molar-refractivity contribution in [3.63, 3.8) is 0 Å². The molecule has 0 amide bonds. The standard InChI is InChI=1S/C9H11FN4/c1-6-4-7(10)5-14-8(6)11-9(12-14)13(2)3/h4-5H,1-3H3. The molecule has 74 valence electrons. The van der Waals surface area contributed by atoms with Crippen molar-refractivity contribution < 1.29 is 4.39 Å². The molecule has 5 heteroatoms. The Morgan fingerprint density at radius 1 is 1.43 bits per heavy atom. The van der Waals surface area contributed by atoms with Crippen molar-refractivity contribution in [3.05, 3.63) is 23.6 Å². The van der Waals surface area contributed by atoms with Crippen LogP contribution in [0.25, 0.3) is 5.65 Å². The highest BCUT2D eigenvalue weighted by Crippen LogP contribution is 2.13. The Kier molecular flexibility index (Phi) is 1.87. The van der Waals surface area contributed by atoms with Crippen LogP contribution in [0.2, 0.25) is 0 Å². The minimum absolute atomic E-state index is 0.301. The maximum atomic E-state index is 13.0. The number of aromatic nitrogens is 3. The molecule has 0 fully saturated rings. The number of pyridine rings is 1. The van der Waals surface area contributed by atoms with Gasteiger partial charge in [0.1, 0.15) is 5.82 Å². The number of halogens is 1. The Balaban J connectivity index is 2.70. The molecular weight excluding hydrogens is 183 g/mol. The summed E-state index contributed by atoms with van der Waals surface area (Å²) < 4.78 is 14.5. The van der Waals surface area contributed by atoms with Gasteiger partial charge in [0.15, 0.2) is 5.65 Å². The van der Waals surface area contributed by atoms with E-state index in [0.29, 0.717) is 11.6 Å². The summed E-state index contributed by atoms with van der Waals surface area (Å²) >= 11 is 0. The molecule has 14 heavy (non-hydrogen) atoms. The zero-order valence-corrected chi connectivity index (χ0v) is 8.32. The fourth-order valence-electron chi connectivity index (χ4n) is 1.29. The molecule has 0 radical (unpaired) electrons. The molecular formula is C9H11FN4. The quantitative estimate of drug-likeness (QED) is 0.685. The van der Waals surface area contributed by atoms with E-state index >= 15 is 0 Å². The monoisotopic (exact) mass is 194 g/mol. The predicted molar refractivity (Wildman–Crippen MR) is 52.0 cm³/mol. The van der Waals surface area contributed by atoms with Crippen LogP contribution in [0.4, 0.5) is 10.3 Å². The van der Waals surface area contributed by atoms with Gasteiger partial charge in [-0.1, -0.05) is 0 Å². The highest BCUT2D eigenvalue weighted by atomic mass is 19.1. The van der Waals surface area contributed by atoms with Crippen molar-refractivity contribution in [2.45, 2.75) is 6.92 Å². The van der Waals surface area contributed by atoms with Crippen LogP contribution in [0, 0.1) is 12.7 Å². The average molecular weight is 194 g/mol. The Morgan fingerprint density at radius 3 is 2.79 bits per heavy atom. The molecule has 2 rings (SSSR count). The van der Waals surface area contributed by atoms with E-state index in [4.69, 9.17) is 0 Å². The van der Waals surface area contributed by atoms with Gasteiger partial charge in [0, 0.05) is 14.1 Å². The molecule has 0 spiro atoms. The molecule has 0 aliphatic rings. The molecule has 4 nitrogen and oxygen atoms in total. The first-order valence-electron chi connectivity index (χ1n) is 4.28. The SMILES string of the molecule is Cc1cc(F)cn2nc(N(C)C)nc12. The van der Waals surface area contributed by atoms with Crippen LogP contribution in [0.1, 0.15) is 5.56 Å². The predicted octanol–water partition coefficient (Wildman–Crippen LogP) is 1.24. The van der Waals surface area contributed by atoms with Gasteiger partial charge in [0.25, 0.3) is 0 Å². The van der Waals surface area contributed by atoms with E-state index in [9.17, 15) is 4.39 Å². The lowest BCUT2D eigenvalue weighted by Gasteiger charge is -2.03. The smallest absolute Gasteiger partial charge is 0.245 e. The van der Waals surface area contributed by atoms with Gasteiger partial charge in [-0.3, -0.25) is 0 Å². The lowest BCUT2D eigenvalue weighted by atomic mass is 10.3. The maximum absolute atomic E-state index is 13.0. The number of rotatable bonds is 1. The Bertz CT molecular complexity index is 475. The zero-order valence-electron chi connectivity index (χ0n) is 8.32. The minimum Gasteiger partial charge on any atom is -0.346 e. The molecule has 0 aliphatic carbocycles. The second-order valence-electron chi connectivity index (χ2n) is 3.42. The van der Waals surface area contributed by atoms with Crippen LogP contribution in [-0.4, -0.2) is 28.7 Å². The second kappa shape index (κ2) is 2.94. The van der Waals surface area contributed by atoms with E-state index in [0.717, 1.165) is 5.56 Å². The van der Waals surface area contributed by atoms with Gasteiger partial charge in [-0.2, -0.15) is 4.98 Å². The van der Waals surface area contributed by atoms with Crippen LogP contribution in [0.3, 0.4) is 0 Å². The number of hydrogen-bond acceptors (Lipinski definition) is 3. The van der Waals surface area contributed by atoms with Crippen LogP contribution in [0.5, 0.6) is 0 Å². The average Bonchev–Trinajstić information content (AvgIpc) is 2.47. The third-order valence-electron chi connectivity index (χ3n) is 1.97. The van der Waals surface area contributed by atoms with Crippen LogP contribution >= 0.6 is 0 Å². The Morgan fingerprint density at radius 2 is 2.14 bits per heavy atom. The summed E-state index contributed by atoms with van der Waals surface area (Å²) in [5, 5.41) is 4.13. The molecule has 0 saturated carbocycles. The van der Waals surface area contributed by atoms with Gasteiger partial charge in [-0.25, -0.2) is 8.91 Å². The lowest BCUT2D eigenvalue weighted by Crippen LogP contribution is -2.10. The van der Waals surface area contributed by atoms with Gasteiger partial charge >= 0.3 is 0 Å². The van der Waals surface area contributed by atoms with Crippen molar-refractivity contribution in [1.29, 1.82) is 0 Å². The van der Waals surface area contributed by atoms with Crippen molar-refractivity contribution in [2.75, 3.05) is 19.0 Å². The molecule has 0 bridgehead atoms. The first-order chi connectivity index (χ1) is 6.58. The number of aryl methyl sites for hydroxylation is 1. The second-order valence-corrected chi connectivity index (χ2v) is 3.42. The third kappa shape index (κ3) is 1.30. The van der Waals surface area contributed by atoms with E-state index in [1.54, 1.807) is 4.90 Å². The Hall–Kier alpha value is -1.65. The number of nitrogens with zero attached hydrogens (tertiary/aromatic N) is 4. The van der Waals surface area contributed by atoms with Crippen LogP contribution in [0.15, 0.2) is 12.3 Å².